The topological polar surface area (TPSA) is 91.1 Å². The number of hydrogen-bond acceptors (Lipinski definition) is 6. The minimum absolute atomic E-state index is 0.00765. The fourth-order valence-corrected chi connectivity index (χ4v) is 4.51. The van der Waals surface area contributed by atoms with Gasteiger partial charge in [0.2, 0.25) is 0 Å². The third kappa shape index (κ3) is 6.39. The van der Waals surface area contributed by atoms with Crippen molar-refractivity contribution in [3.8, 4) is 5.75 Å². The summed E-state index contributed by atoms with van der Waals surface area (Å²) in [4.78, 5) is 17.1. The van der Waals surface area contributed by atoms with Crippen molar-refractivity contribution in [2.75, 3.05) is 43.8 Å². The van der Waals surface area contributed by atoms with Crippen molar-refractivity contribution in [3.63, 3.8) is 0 Å². The molecule has 1 saturated heterocycles. The predicted molar refractivity (Wildman–Crippen MR) is 133 cm³/mol. The summed E-state index contributed by atoms with van der Waals surface area (Å²) in [5.41, 5.74) is 10.7. The number of nitrogens with two attached hydrogens (primary N) is 1. The standard InChI is InChI=1S/C26H38N4O3/c1-5-30(25(32)17-33-23-15-18(2)26(27)20(4)19(23)3)22-11-13-29(14-12-22)16-24(31)28-21-9-7-6-8-10-21/h6-10,15,22,24,28,31H,5,11-14,16-17,27H2,1-4H3. The Balaban J connectivity index is 1.49. The number of aryl methyl sites for hydroxylation is 1. The second-order valence-corrected chi connectivity index (χ2v) is 8.88. The number of aliphatic hydroxyl groups is 1. The highest BCUT2D eigenvalue weighted by atomic mass is 16.5. The number of hydrogen-bond donors (Lipinski definition) is 3. The average molecular weight is 455 g/mol. The molecule has 1 heterocycles. The second-order valence-electron chi connectivity index (χ2n) is 8.88. The van der Waals surface area contributed by atoms with E-state index in [1.807, 2.05) is 69.0 Å². The van der Waals surface area contributed by atoms with Crippen molar-refractivity contribution in [1.82, 2.24) is 9.80 Å². The van der Waals surface area contributed by atoms with E-state index in [0.717, 1.165) is 59.7 Å². The fourth-order valence-electron chi connectivity index (χ4n) is 4.51. The molecule has 1 aliphatic heterocycles. The number of piperidine rings is 1. The van der Waals surface area contributed by atoms with Crippen LogP contribution in [-0.2, 0) is 4.79 Å². The lowest BCUT2D eigenvalue weighted by atomic mass is 10.0. The quantitative estimate of drug-likeness (QED) is 0.398. The van der Waals surface area contributed by atoms with Crippen LogP contribution >= 0.6 is 0 Å². The zero-order valence-corrected chi connectivity index (χ0v) is 20.3. The highest BCUT2D eigenvalue weighted by molar-refractivity contribution is 5.78. The highest BCUT2D eigenvalue weighted by Crippen LogP contribution is 2.29. The van der Waals surface area contributed by atoms with E-state index in [1.54, 1.807) is 0 Å². The van der Waals surface area contributed by atoms with Crippen LogP contribution in [-0.4, -0.2) is 65.9 Å². The van der Waals surface area contributed by atoms with E-state index in [4.69, 9.17) is 10.5 Å². The monoisotopic (exact) mass is 454 g/mol. The normalized spacial score (nSPS) is 15.8. The SMILES string of the molecule is CCN(C(=O)COc1cc(C)c(N)c(C)c1C)C1CCN(CC(O)Nc2ccccc2)CC1. The number of β-amino-alcohol motifs (C(OH)–C–C–N with tert-alkyl or cyclic N) is 1. The molecule has 0 radical (unpaired) electrons. The molecule has 0 aliphatic carbocycles. The van der Waals surface area contributed by atoms with Crippen molar-refractivity contribution < 1.29 is 14.6 Å². The van der Waals surface area contributed by atoms with Crippen molar-refractivity contribution in [2.24, 2.45) is 0 Å². The number of likely N-dealkylation sites (tertiary alicyclic amines) is 1. The number of rotatable bonds is 9. The van der Waals surface area contributed by atoms with Gasteiger partial charge in [0.1, 0.15) is 12.0 Å². The second kappa shape index (κ2) is 11.4. The van der Waals surface area contributed by atoms with Gasteiger partial charge in [-0.25, -0.2) is 0 Å². The summed E-state index contributed by atoms with van der Waals surface area (Å²) in [5, 5.41) is 13.5. The van der Waals surface area contributed by atoms with Crippen LogP contribution in [0.4, 0.5) is 11.4 Å². The Bertz CT molecular complexity index is 927. The molecule has 0 spiro atoms. The number of aliphatic hydroxyl groups excluding tert-OH is 1. The van der Waals surface area contributed by atoms with E-state index in [2.05, 4.69) is 10.2 Å². The van der Waals surface area contributed by atoms with E-state index in [0.29, 0.717) is 13.1 Å². The number of amides is 1. The van der Waals surface area contributed by atoms with Crippen molar-refractivity contribution in [2.45, 2.75) is 52.8 Å². The third-order valence-electron chi connectivity index (χ3n) is 6.66. The lowest BCUT2D eigenvalue weighted by Gasteiger charge is -2.38. The van der Waals surface area contributed by atoms with Crippen LogP contribution in [0.15, 0.2) is 36.4 Å². The van der Waals surface area contributed by atoms with Gasteiger partial charge in [0.05, 0.1) is 0 Å². The molecule has 33 heavy (non-hydrogen) atoms. The Kier molecular flexibility index (Phi) is 8.58. The van der Waals surface area contributed by atoms with Crippen LogP contribution in [0.5, 0.6) is 5.75 Å². The van der Waals surface area contributed by atoms with Crippen LogP contribution in [0.1, 0.15) is 36.5 Å². The van der Waals surface area contributed by atoms with E-state index in [-0.39, 0.29) is 18.6 Å². The highest BCUT2D eigenvalue weighted by Gasteiger charge is 2.28. The number of likely N-dealkylation sites (N-methyl/N-ethyl adjacent to an activating group) is 1. The predicted octanol–water partition coefficient (Wildman–Crippen LogP) is 3.32. The smallest absolute Gasteiger partial charge is 0.260 e. The van der Waals surface area contributed by atoms with Gasteiger partial charge in [-0.05, 0) is 75.4 Å². The Hall–Kier alpha value is -2.77. The first-order valence-electron chi connectivity index (χ1n) is 11.8. The minimum atomic E-state index is -0.628. The molecule has 3 rings (SSSR count). The zero-order chi connectivity index (χ0) is 24.0. The molecular weight excluding hydrogens is 416 g/mol. The van der Waals surface area contributed by atoms with Crippen molar-refractivity contribution in [3.05, 3.63) is 53.1 Å². The number of carbonyl (C=O) groups excluding carboxylic acids is 1. The Labute approximate surface area is 197 Å². The maximum absolute atomic E-state index is 13.0. The molecule has 1 amide bonds. The van der Waals surface area contributed by atoms with Crippen LogP contribution < -0.4 is 15.8 Å². The summed E-state index contributed by atoms with van der Waals surface area (Å²) >= 11 is 0. The van der Waals surface area contributed by atoms with E-state index >= 15 is 0 Å². The number of nitrogen functional groups attached to an aromatic ring is 1. The number of carbonyl (C=O) groups is 1. The molecule has 7 heteroatoms. The molecule has 0 aromatic heterocycles. The van der Waals surface area contributed by atoms with Gasteiger partial charge >= 0.3 is 0 Å². The molecule has 0 saturated carbocycles. The zero-order valence-electron chi connectivity index (χ0n) is 20.3. The van der Waals surface area contributed by atoms with Crippen molar-refractivity contribution in [1.29, 1.82) is 0 Å². The average Bonchev–Trinajstić information content (AvgIpc) is 2.81. The lowest BCUT2D eigenvalue weighted by Crippen LogP contribution is -2.50. The Morgan fingerprint density at radius 1 is 1.21 bits per heavy atom. The van der Waals surface area contributed by atoms with Gasteiger partial charge in [-0.15, -0.1) is 0 Å². The van der Waals surface area contributed by atoms with E-state index in [1.165, 1.54) is 0 Å². The maximum Gasteiger partial charge on any atom is 0.260 e. The third-order valence-corrected chi connectivity index (χ3v) is 6.66. The summed E-state index contributed by atoms with van der Waals surface area (Å²) in [7, 11) is 0. The first kappa shape index (κ1) is 24.9. The van der Waals surface area contributed by atoms with Crippen LogP contribution in [0, 0.1) is 20.8 Å². The lowest BCUT2D eigenvalue weighted by molar-refractivity contribution is -0.136. The molecule has 4 N–H and O–H groups in total. The number of nitrogens with zero attached hydrogens (tertiary/aromatic N) is 2. The first-order chi connectivity index (χ1) is 15.8. The van der Waals surface area contributed by atoms with E-state index < -0.39 is 6.23 Å². The minimum Gasteiger partial charge on any atom is -0.483 e. The van der Waals surface area contributed by atoms with Crippen LogP contribution in [0.25, 0.3) is 0 Å². The number of nitrogens with one attached hydrogen (secondary N) is 1. The van der Waals surface area contributed by atoms with Gasteiger partial charge in [0.15, 0.2) is 6.61 Å². The molecule has 1 atom stereocenters. The fraction of sp³-hybridized carbons (Fsp3) is 0.500. The van der Waals surface area contributed by atoms with Gasteiger partial charge in [0, 0.05) is 43.6 Å². The number of anilines is 2. The van der Waals surface area contributed by atoms with E-state index in [9.17, 15) is 9.90 Å². The number of benzene rings is 2. The molecule has 1 fully saturated rings. The summed E-state index contributed by atoms with van der Waals surface area (Å²) in [6.07, 6.45) is 1.14. The Morgan fingerprint density at radius 2 is 1.88 bits per heavy atom. The molecule has 1 unspecified atom stereocenters. The van der Waals surface area contributed by atoms with Crippen molar-refractivity contribution >= 4 is 17.3 Å². The van der Waals surface area contributed by atoms with Gasteiger partial charge in [0.25, 0.3) is 5.91 Å². The molecule has 0 bridgehead atoms. The van der Waals surface area contributed by atoms with Gasteiger partial charge < -0.3 is 25.8 Å². The Morgan fingerprint density at radius 3 is 2.52 bits per heavy atom. The molecule has 2 aromatic rings. The molecule has 1 aliphatic rings. The number of ether oxygens (including phenoxy) is 1. The molecule has 7 nitrogen and oxygen atoms in total. The number of para-hydroxylation sites is 1. The maximum atomic E-state index is 13.0. The summed E-state index contributed by atoms with van der Waals surface area (Å²) in [6.45, 7) is 10.8. The molecular formula is C26H38N4O3. The molecule has 2 aromatic carbocycles. The van der Waals surface area contributed by atoms with Gasteiger partial charge in [-0.1, -0.05) is 18.2 Å². The van der Waals surface area contributed by atoms with Crippen LogP contribution in [0.3, 0.4) is 0 Å². The van der Waals surface area contributed by atoms with Gasteiger partial charge in [-0.3, -0.25) is 9.69 Å². The van der Waals surface area contributed by atoms with Crippen LogP contribution in [0.2, 0.25) is 0 Å². The largest absolute Gasteiger partial charge is 0.483 e. The molecule has 180 valence electrons. The van der Waals surface area contributed by atoms with Gasteiger partial charge in [-0.2, -0.15) is 0 Å². The summed E-state index contributed by atoms with van der Waals surface area (Å²) < 4.78 is 5.92. The summed E-state index contributed by atoms with van der Waals surface area (Å²) in [6, 6.07) is 11.8. The summed E-state index contributed by atoms with van der Waals surface area (Å²) in [5.74, 6) is 0.728. The first-order valence-corrected chi connectivity index (χ1v) is 11.8.